The van der Waals surface area contributed by atoms with E-state index in [1.54, 1.807) is 13.2 Å². The molecule has 11 heteroatoms. The minimum atomic E-state index is -3.91. The Bertz CT molecular complexity index is 723. The molecular formula is C10H12BrF2N5O2S. The van der Waals surface area contributed by atoms with Crippen molar-refractivity contribution in [3.63, 3.8) is 0 Å². The Morgan fingerprint density at radius 2 is 2.05 bits per heavy atom. The Morgan fingerprint density at radius 1 is 1.38 bits per heavy atom. The molecule has 2 heterocycles. The zero-order valence-electron chi connectivity index (χ0n) is 11.1. The lowest BCUT2D eigenvalue weighted by atomic mass is 10.4. The molecule has 7 nitrogen and oxygen atoms in total. The number of rotatable bonds is 5. The summed E-state index contributed by atoms with van der Waals surface area (Å²) in [5, 5.41) is 7.31. The van der Waals surface area contributed by atoms with Gasteiger partial charge in [0.05, 0.1) is 35.3 Å². The largest absolute Gasteiger partial charge is 0.333 e. The summed E-state index contributed by atoms with van der Waals surface area (Å²) >= 11 is 3.27. The van der Waals surface area contributed by atoms with Gasteiger partial charge in [0.1, 0.15) is 4.90 Å². The van der Waals surface area contributed by atoms with E-state index >= 15 is 0 Å². The first-order valence-electron chi connectivity index (χ1n) is 5.68. The van der Waals surface area contributed by atoms with Gasteiger partial charge in [-0.05, 0) is 15.9 Å². The average Bonchev–Trinajstić information content (AvgIpc) is 3.01. The van der Waals surface area contributed by atoms with Gasteiger partial charge in [0, 0.05) is 14.1 Å². The Labute approximate surface area is 128 Å². The third-order valence-electron chi connectivity index (χ3n) is 2.87. The summed E-state index contributed by atoms with van der Waals surface area (Å²) in [6.07, 6.45) is 3.25. The maximum absolute atomic E-state index is 12.5. The molecule has 0 saturated carbocycles. The van der Waals surface area contributed by atoms with Crippen molar-refractivity contribution in [2.45, 2.75) is 18.0 Å². The van der Waals surface area contributed by atoms with E-state index in [1.807, 2.05) is 0 Å². The molecule has 0 unspecified atom stereocenters. The maximum atomic E-state index is 12.5. The molecular weight excluding hydrogens is 372 g/mol. The highest BCUT2D eigenvalue weighted by molar-refractivity contribution is 9.10. The summed E-state index contributed by atoms with van der Waals surface area (Å²) in [5.74, 6) is 0. The smallest absolute Gasteiger partial charge is 0.270 e. The Balaban J connectivity index is 2.26. The van der Waals surface area contributed by atoms with Gasteiger partial charge in [-0.15, -0.1) is 0 Å². The number of aryl methyl sites for hydroxylation is 1. The van der Waals surface area contributed by atoms with E-state index in [4.69, 9.17) is 0 Å². The number of hydrogen-bond acceptors (Lipinski definition) is 4. The van der Waals surface area contributed by atoms with Gasteiger partial charge in [-0.25, -0.2) is 13.1 Å². The zero-order valence-corrected chi connectivity index (χ0v) is 13.5. The highest BCUT2D eigenvalue weighted by Gasteiger charge is 2.25. The molecule has 0 aromatic carbocycles. The predicted molar refractivity (Wildman–Crippen MR) is 73.0 cm³/mol. The van der Waals surface area contributed by atoms with Crippen LogP contribution in [0.2, 0.25) is 0 Å². The highest BCUT2D eigenvalue weighted by Crippen LogP contribution is 2.21. The van der Waals surface area contributed by atoms with Crippen molar-refractivity contribution < 1.29 is 17.2 Å². The van der Waals surface area contributed by atoms with Crippen LogP contribution in [0.25, 0.3) is 0 Å². The number of hydrogen-bond donors (Lipinski definition) is 0. The standard InChI is InChI=1S/C10H12BrF2N5O2S/c1-16(6-9-8(11)4-14-17(9)2)21(19,20)7-3-15-18(5-7)10(12)13/h3-5,10H,6H2,1-2H3. The van der Waals surface area contributed by atoms with Crippen LogP contribution in [0.15, 0.2) is 28.0 Å². The molecule has 21 heavy (non-hydrogen) atoms. The first kappa shape index (κ1) is 16.0. The van der Waals surface area contributed by atoms with Gasteiger partial charge in [0.15, 0.2) is 0 Å². The summed E-state index contributed by atoms with van der Waals surface area (Å²) in [5.41, 5.74) is 0.641. The first-order chi connectivity index (χ1) is 9.73. The highest BCUT2D eigenvalue weighted by atomic mass is 79.9. The third kappa shape index (κ3) is 3.14. The minimum Gasteiger partial charge on any atom is -0.270 e. The number of aromatic nitrogens is 4. The normalized spacial score (nSPS) is 12.5. The van der Waals surface area contributed by atoms with Crippen LogP contribution < -0.4 is 0 Å². The molecule has 0 bridgehead atoms. The lowest BCUT2D eigenvalue weighted by Gasteiger charge is -2.16. The minimum absolute atomic E-state index is 0.0409. The molecule has 0 aliphatic heterocycles. The van der Waals surface area contributed by atoms with Crippen LogP contribution in [0.3, 0.4) is 0 Å². The molecule has 0 atom stereocenters. The van der Waals surface area contributed by atoms with Gasteiger partial charge in [-0.1, -0.05) is 0 Å². The van der Waals surface area contributed by atoms with Gasteiger partial charge < -0.3 is 0 Å². The molecule has 0 amide bonds. The fraction of sp³-hybridized carbons (Fsp3) is 0.400. The zero-order chi connectivity index (χ0) is 15.8. The molecule has 116 valence electrons. The maximum Gasteiger partial charge on any atom is 0.333 e. The van der Waals surface area contributed by atoms with Crippen LogP contribution in [-0.4, -0.2) is 39.3 Å². The monoisotopic (exact) mass is 383 g/mol. The quantitative estimate of drug-likeness (QED) is 0.785. The second-order valence-corrected chi connectivity index (χ2v) is 7.16. The molecule has 0 N–H and O–H groups in total. The van der Waals surface area contributed by atoms with Crippen LogP contribution in [-0.2, 0) is 23.6 Å². The van der Waals surface area contributed by atoms with Crippen molar-refractivity contribution in [2.24, 2.45) is 7.05 Å². The Hall–Kier alpha value is -1.33. The summed E-state index contributed by atoms with van der Waals surface area (Å²) in [7, 11) is -0.875. The van der Waals surface area contributed by atoms with Gasteiger partial charge in [0.25, 0.3) is 0 Å². The molecule has 2 aromatic heterocycles. The van der Waals surface area contributed by atoms with Crippen LogP contribution in [0.1, 0.15) is 12.2 Å². The Morgan fingerprint density at radius 3 is 2.52 bits per heavy atom. The van der Waals surface area contributed by atoms with Crippen LogP contribution >= 0.6 is 15.9 Å². The average molecular weight is 384 g/mol. The SMILES string of the molecule is CN(Cc1c(Br)cnn1C)S(=O)(=O)c1cnn(C(F)F)c1. The van der Waals surface area contributed by atoms with Crippen LogP contribution in [0.4, 0.5) is 8.78 Å². The third-order valence-corrected chi connectivity index (χ3v) is 5.29. The second kappa shape index (κ2) is 5.81. The Kier molecular flexibility index (Phi) is 4.44. The molecule has 0 radical (unpaired) electrons. The number of alkyl halides is 2. The van der Waals surface area contributed by atoms with Gasteiger partial charge >= 0.3 is 6.55 Å². The van der Waals surface area contributed by atoms with E-state index in [0.717, 1.165) is 16.7 Å². The molecule has 2 aromatic rings. The molecule has 0 saturated heterocycles. The number of nitrogens with zero attached hydrogens (tertiary/aromatic N) is 5. The van der Waals surface area contributed by atoms with Gasteiger partial charge in [0.2, 0.25) is 10.0 Å². The molecule has 0 aliphatic rings. The van der Waals surface area contributed by atoms with Crippen molar-refractivity contribution in [1.29, 1.82) is 0 Å². The lowest BCUT2D eigenvalue weighted by molar-refractivity contribution is 0.0563. The van der Waals surface area contributed by atoms with E-state index in [2.05, 4.69) is 26.1 Å². The van der Waals surface area contributed by atoms with Crippen molar-refractivity contribution in [3.8, 4) is 0 Å². The number of halogens is 3. The molecule has 0 fully saturated rings. The summed E-state index contributed by atoms with van der Waals surface area (Å²) in [6, 6.07) is 0. The predicted octanol–water partition coefficient (Wildman–Crippen LogP) is 1.59. The fourth-order valence-electron chi connectivity index (χ4n) is 1.65. The molecule has 0 spiro atoms. The van der Waals surface area contributed by atoms with Crippen LogP contribution in [0.5, 0.6) is 0 Å². The van der Waals surface area contributed by atoms with E-state index in [1.165, 1.54) is 11.7 Å². The first-order valence-corrected chi connectivity index (χ1v) is 7.92. The van der Waals surface area contributed by atoms with E-state index in [0.29, 0.717) is 14.8 Å². The summed E-state index contributed by atoms with van der Waals surface area (Å²) in [4.78, 5) is -0.288. The van der Waals surface area contributed by atoms with E-state index < -0.39 is 16.6 Å². The van der Waals surface area contributed by atoms with Crippen LogP contribution in [0, 0.1) is 0 Å². The topological polar surface area (TPSA) is 73.0 Å². The van der Waals surface area contributed by atoms with Gasteiger partial charge in [-0.3, -0.25) is 4.68 Å². The van der Waals surface area contributed by atoms with Crippen molar-refractivity contribution in [1.82, 2.24) is 23.9 Å². The van der Waals surface area contributed by atoms with Crippen molar-refractivity contribution in [3.05, 3.63) is 28.8 Å². The second-order valence-electron chi connectivity index (χ2n) is 4.26. The van der Waals surface area contributed by atoms with Crippen molar-refractivity contribution >= 4 is 26.0 Å². The summed E-state index contributed by atoms with van der Waals surface area (Å²) < 4.78 is 53.0. The molecule has 2 rings (SSSR count). The summed E-state index contributed by atoms with van der Waals surface area (Å²) in [6.45, 7) is -2.84. The fourth-order valence-corrected chi connectivity index (χ4v) is 3.20. The lowest BCUT2D eigenvalue weighted by Crippen LogP contribution is -2.27. The number of sulfonamides is 1. The van der Waals surface area contributed by atoms with E-state index in [9.17, 15) is 17.2 Å². The van der Waals surface area contributed by atoms with E-state index in [-0.39, 0.29) is 11.4 Å². The molecule has 0 aliphatic carbocycles. The van der Waals surface area contributed by atoms with Crippen molar-refractivity contribution in [2.75, 3.05) is 7.05 Å². The van der Waals surface area contributed by atoms with Gasteiger partial charge in [-0.2, -0.15) is 23.3 Å².